The van der Waals surface area contributed by atoms with E-state index in [1.54, 1.807) is 7.11 Å². The van der Waals surface area contributed by atoms with Crippen molar-refractivity contribution >= 4 is 16.8 Å². The maximum Gasteiger partial charge on any atom is 0.292 e. The van der Waals surface area contributed by atoms with Gasteiger partial charge in [0.25, 0.3) is 6.01 Å². The van der Waals surface area contributed by atoms with Crippen LogP contribution in [-0.4, -0.2) is 12.1 Å². The van der Waals surface area contributed by atoms with Gasteiger partial charge < -0.3 is 14.9 Å². The van der Waals surface area contributed by atoms with Gasteiger partial charge in [-0.1, -0.05) is 30.3 Å². The van der Waals surface area contributed by atoms with Gasteiger partial charge in [-0.25, -0.2) is 0 Å². The fourth-order valence-corrected chi connectivity index (χ4v) is 2.31. The summed E-state index contributed by atoms with van der Waals surface area (Å²) in [6.45, 7) is 1.87. The lowest BCUT2D eigenvalue weighted by atomic mass is 10.0. The Morgan fingerprint density at radius 3 is 2.63 bits per heavy atom. The van der Waals surface area contributed by atoms with Crippen LogP contribution < -0.4 is 10.5 Å². The first-order valence-electron chi connectivity index (χ1n) is 5.99. The second kappa shape index (κ2) is 4.31. The summed E-state index contributed by atoms with van der Waals surface area (Å²) in [6, 6.07) is 12.2. The average molecular weight is 254 g/mol. The fourth-order valence-electron chi connectivity index (χ4n) is 2.31. The number of anilines is 1. The van der Waals surface area contributed by atoms with Gasteiger partial charge in [-0.05, 0) is 23.8 Å². The fraction of sp³-hybridized carbons (Fsp3) is 0.133. The number of methoxy groups -OCH3 is 1. The van der Waals surface area contributed by atoms with Crippen molar-refractivity contribution in [1.82, 2.24) is 4.98 Å². The van der Waals surface area contributed by atoms with Crippen molar-refractivity contribution in [1.29, 1.82) is 0 Å². The van der Waals surface area contributed by atoms with E-state index in [2.05, 4.69) is 4.98 Å². The number of rotatable bonds is 2. The van der Waals surface area contributed by atoms with Crippen molar-refractivity contribution in [2.75, 3.05) is 12.8 Å². The van der Waals surface area contributed by atoms with E-state index in [1.807, 2.05) is 43.3 Å². The molecule has 3 aromatic rings. The topological polar surface area (TPSA) is 61.3 Å². The highest BCUT2D eigenvalue weighted by molar-refractivity contribution is 5.99. The van der Waals surface area contributed by atoms with Gasteiger partial charge in [-0.3, -0.25) is 0 Å². The maximum absolute atomic E-state index is 5.63. The third-order valence-electron chi connectivity index (χ3n) is 3.15. The zero-order chi connectivity index (χ0) is 13.4. The summed E-state index contributed by atoms with van der Waals surface area (Å²) in [6.07, 6.45) is 0. The molecular weight excluding hydrogens is 240 g/mol. The Kier molecular flexibility index (Phi) is 2.63. The Bertz CT molecular complexity index is 747. The lowest BCUT2D eigenvalue weighted by Crippen LogP contribution is -1.90. The first-order valence-corrected chi connectivity index (χ1v) is 5.99. The Morgan fingerprint density at radius 2 is 1.95 bits per heavy atom. The third-order valence-corrected chi connectivity index (χ3v) is 3.15. The molecule has 19 heavy (non-hydrogen) atoms. The van der Waals surface area contributed by atoms with Gasteiger partial charge in [-0.2, -0.15) is 4.98 Å². The van der Waals surface area contributed by atoms with Gasteiger partial charge >= 0.3 is 0 Å². The molecule has 0 bridgehead atoms. The predicted octanol–water partition coefficient (Wildman–Crippen LogP) is 3.39. The smallest absolute Gasteiger partial charge is 0.292 e. The molecule has 96 valence electrons. The number of nitrogens with zero attached hydrogens (tertiary/aromatic N) is 1. The molecule has 0 saturated heterocycles. The molecule has 0 fully saturated rings. The van der Waals surface area contributed by atoms with Crippen LogP contribution in [0.15, 0.2) is 40.8 Å². The van der Waals surface area contributed by atoms with E-state index < -0.39 is 0 Å². The Hall–Kier alpha value is -2.49. The summed E-state index contributed by atoms with van der Waals surface area (Å²) in [5.74, 6) is 1.41. The van der Waals surface area contributed by atoms with E-state index >= 15 is 0 Å². The van der Waals surface area contributed by atoms with E-state index in [1.165, 1.54) is 0 Å². The molecule has 1 aromatic heterocycles. The number of fused-ring (bicyclic) bond motifs is 1. The summed E-state index contributed by atoms with van der Waals surface area (Å²) >= 11 is 0. The normalized spacial score (nSPS) is 10.8. The lowest BCUT2D eigenvalue weighted by Gasteiger charge is -2.10. The van der Waals surface area contributed by atoms with Crippen LogP contribution in [0.25, 0.3) is 22.1 Å². The number of benzene rings is 2. The summed E-state index contributed by atoms with van der Waals surface area (Å²) in [7, 11) is 1.64. The second-order valence-electron chi connectivity index (χ2n) is 4.33. The van der Waals surface area contributed by atoms with Gasteiger partial charge in [-0.15, -0.1) is 0 Å². The molecule has 3 rings (SSSR count). The van der Waals surface area contributed by atoms with Crippen LogP contribution in [0.1, 0.15) is 5.69 Å². The van der Waals surface area contributed by atoms with Crippen LogP contribution in [-0.2, 0) is 0 Å². The van der Waals surface area contributed by atoms with Crippen LogP contribution in [0, 0.1) is 6.92 Å². The average Bonchev–Trinajstić information content (AvgIpc) is 2.76. The van der Waals surface area contributed by atoms with Crippen molar-refractivity contribution in [3.63, 3.8) is 0 Å². The minimum atomic E-state index is 0.169. The molecule has 1 heterocycles. The van der Waals surface area contributed by atoms with Crippen molar-refractivity contribution in [2.24, 2.45) is 0 Å². The molecule has 0 aliphatic heterocycles. The molecular formula is C15H14N2O2. The monoisotopic (exact) mass is 254 g/mol. The molecule has 0 spiro atoms. The molecule has 0 aliphatic rings. The Labute approximate surface area is 110 Å². The number of aromatic nitrogens is 1. The quantitative estimate of drug-likeness (QED) is 0.761. The number of aryl methyl sites for hydroxylation is 1. The standard InChI is InChI=1S/C15H14N2O2/c1-9-14(19-15(16)17-9)13-11-6-4-3-5-10(11)7-8-12(13)18-2/h3-8H,1-2H3,(H2,16,17). The van der Waals surface area contributed by atoms with Crippen molar-refractivity contribution < 1.29 is 9.15 Å². The summed E-state index contributed by atoms with van der Waals surface area (Å²) in [5.41, 5.74) is 7.28. The molecule has 0 aliphatic carbocycles. The Morgan fingerprint density at radius 1 is 1.16 bits per heavy atom. The van der Waals surface area contributed by atoms with Gasteiger partial charge in [0, 0.05) is 0 Å². The second-order valence-corrected chi connectivity index (χ2v) is 4.33. The molecule has 0 radical (unpaired) electrons. The minimum absolute atomic E-state index is 0.169. The minimum Gasteiger partial charge on any atom is -0.496 e. The van der Waals surface area contributed by atoms with Gasteiger partial charge in [0.15, 0.2) is 5.76 Å². The van der Waals surface area contributed by atoms with E-state index in [9.17, 15) is 0 Å². The molecule has 4 heteroatoms. The maximum atomic E-state index is 5.63. The van der Waals surface area contributed by atoms with Crippen LogP contribution >= 0.6 is 0 Å². The zero-order valence-corrected chi connectivity index (χ0v) is 10.8. The van der Waals surface area contributed by atoms with E-state index in [-0.39, 0.29) is 6.01 Å². The van der Waals surface area contributed by atoms with E-state index in [0.717, 1.165) is 27.8 Å². The summed E-state index contributed by atoms with van der Waals surface area (Å²) < 4.78 is 11.0. The van der Waals surface area contributed by atoms with Gasteiger partial charge in [0.05, 0.1) is 18.4 Å². The van der Waals surface area contributed by atoms with Crippen LogP contribution in [0.3, 0.4) is 0 Å². The van der Waals surface area contributed by atoms with Crippen LogP contribution in [0.2, 0.25) is 0 Å². The largest absolute Gasteiger partial charge is 0.496 e. The number of nitrogens with two attached hydrogens (primary N) is 1. The van der Waals surface area contributed by atoms with Gasteiger partial charge in [0.1, 0.15) is 5.75 Å². The van der Waals surface area contributed by atoms with Gasteiger partial charge in [0.2, 0.25) is 0 Å². The zero-order valence-electron chi connectivity index (χ0n) is 10.8. The number of hydrogen-bond acceptors (Lipinski definition) is 4. The molecule has 0 amide bonds. The highest BCUT2D eigenvalue weighted by Crippen LogP contribution is 2.39. The molecule has 0 saturated carbocycles. The van der Waals surface area contributed by atoms with E-state index in [4.69, 9.17) is 14.9 Å². The molecule has 2 aromatic carbocycles. The molecule has 0 unspecified atom stereocenters. The molecule has 4 nitrogen and oxygen atoms in total. The van der Waals surface area contributed by atoms with Crippen LogP contribution in [0.5, 0.6) is 5.75 Å². The highest BCUT2D eigenvalue weighted by Gasteiger charge is 2.17. The van der Waals surface area contributed by atoms with Crippen molar-refractivity contribution in [3.8, 4) is 17.1 Å². The third kappa shape index (κ3) is 1.81. The van der Waals surface area contributed by atoms with Crippen LogP contribution in [0.4, 0.5) is 6.01 Å². The molecule has 0 atom stereocenters. The summed E-state index contributed by atoms with van der Waals surface area (Å²) in [5, 5.41) is 2.17. The highest BCUT2D eigenvalue weighted by atomic mass is 16.5. The number of hydrogen-bond donors (Lipinski definition) is 1. The number of ether oxygens (including phenoxy) is 1. The van der Waals surface area contributed by atoms with Crippen molar-refractivity contribution in [3.05, 3.63) is 42.1 Å². The lowest BCUT2D eigenvalue weighted by molar-refractivity contribution is 0.415. The van der Waals surface area contributed by atoms with Crippen molar-refractivity contribution in [2.45, 2.75) is 6.92 Å². The predicted molar refractivity (Wildman–Crippen MR) is 75.1 cm³/mol. The Balaban J connectivity index is 2.40. The van der Waals surface area contributed by atoms with E-state index in [0.29, 0.717) is 5.76 Å². The number of nitrogen functional groups attached to an aromatic ring is 1. The first kappa shape index (κ1) is 11.6. The summed E-state index contributed by atoms with van der Waals surface area (Å²) in [4.78, 5) is 4.13. The number of oxazole rings is 1. The first-order chi connectivity index (χ1) is 9.20. The molecule has 2 N–H and O–H groups in total. The SMILES string of the molecule is COc1ccc2ccccc2c1-c1oc(N)nc1C.